The molecule has 0 amide bonds. The van der Waals surface area contributed by atoms with Gasteiger partial charge < -0.3 is 14.0 Å². The molecule has 0 atom stereocenters. The van der Waals surface area contributed by atoms with E-state index in [-0.39, 0.29) is 22.8 Å². The number of ether oxygens (including phenoxy) is 2. The van der Waals surface area contributed by atoms with E-state index in [2.05, 4.69) is 9.72 Å². The average Bonchev–Trinajstić information content (AvgIpc) is 3.03. The lowest BCUT2D eigenvalue weighted by Crippen LogP contribution is -2.11. The number of nitrogens with zero attached hydrogens (tertiary/aromatic N) is 2. The topological polar surface area (TPSA) is 53.4 Å². The molecule has 28 heavy (non-hydrogen) atoms. The van der Waals surface area contributed by atoms with Gasteiger partial charge in [-0.1, -0.05) is 35.5 Å². The van der Waals surface area contributed by atoms with Gasteiger partial charge in [0.2, 0.25) is 0 Å². The molecule has 1 aromatic heterocycles. The van der Waals surface area contributed by atoms with Crippen molar-refractivity contribution in [2.75, 3.05) is 19.5 Å². The zero-order chi connectivity index (χ0) is 20.1. The van der Waals surface area contributed by atoms with Crippen LogP contribution < -0.4 is 4.74 Å². The molecule has 8 heteroatoms. The van der Waals surface area contributed by atoms with Gasteiger partial charge in [-0.15, -0.1) is 0 Å². The van der Waals surface area contributed by atoms with Crippen molar-refractivity contribution in [3.8, 4) is 5.75 Å². The number of Topliss-reactive ketones (excluding diaryl/α,β-unsaturated/α-hetero) is 1. The van der Waals surface area contributed by atoms with Crippen LogP contribution in [-0.4, -0.2) is 41.4 Å². The highest BCUT2D eigenvalue weighted by Gasteiger charge is 2.18. The number of fused-ring (bicyclic) bond motifs is 1. The Bertz CT molecular complexity index is 975. The van der Waals surface area contributed by atoms with Crippen LogP contribution in [0, 0.1) is 6.92 Å². The van der Waals surface area contributed by atoms with Gasteiger partial charge in [0.15, 0.2) is 10.9 Å². The van der Waals surface area contributed by atoms with Crippen molar-refractivity contribution < 1.29 is 23.0 Å². The second-order valence-corrected chi connectivity index (χ2v) is 7.06. The first-order valence-electron chi connectivity index (χ1n) is 8.65. The predicted octanol–water partition coefficient (Wildman–Crippen LogP) is 4.57. The van der Waals surface area contributed by atoms with Crippen LogP contribution in [0.5, 0.6) is 5.75 Å². The van der Waals surface area contributed by atoms with Crippen molar-refractivity contribution in [3.05, 3.63) is 53.6 Å². The quantitative estimate of drug-likeness (QED) is 0.385. The summed E-state index contributed by atoms with van der Waals surface area (Å²) in [4.78, 5) is 17.3. The zero-order valence-corrected chi connectivity index (χ0v) is 16.3. The van der Waals surface area contributed by atoms with E-state index in [4.69, 9.17) is 4.74 Å². The third-order valence-corrected chi connectivity index (χ3v) is 5.10. The minimum absolute atomic E-state index is 0.0549. The number of hydrogen-bond donors (Lipinski definition) is 0. The molecular weight excluding hydrogens is 386 g/mol. The molecule has 0 spiro atoms. The number of carbonyl (C=O) groups excluding carboxylic acids is 1. The first-order chi connectivity index (χ1) is 13.5. The lowest BCUT2D eigenvalue weighted by molar-refractivity contribution is -0.0501. The maximum absolute atomic E-state index is 12.7. The zero-order valence-electron chi connectivity index (χ0n) is 15.5. The lowest BCUT2D eigenvalue weighted by Gasteiger charge is -2.11. The molecule has 0 N–H and O–H groups in total. The van der Waals surface area contributed by atoms with Gasteiger partial charge >= 0.3 is 6.61 Å². The molecule has 0 bridgehead atoms. The van der Waals surface area contributed by atoms with E-state index >= 15 is 0 Å². The third kappa shape index (κ3) is 4.69. The van der Waals surface area contributed by atoms with E-state index in [0.29, 0.717) is 18.3 Å². The maximum atomic E-state index is 12.7. The Balaban J connectivity index is 1.82. The van der Waals surface area contributed by atoms with Gasteiger partial charge in [0.1, 0.15) is 5.75 Å². The second-order valence-electron chi connectivity index (χ2n) is 6.12. The summed E-state index contributed by atoms with van der Waals surface area (Å²) in [5.41, 5.74) is 2.72. The number of methoxy groups -OCH3 is 1. The molecule has 148 valence electrons. The van der Waals surface area contributed by atoms with Crippen LogP contribution >= 0.6 is 11.8 Å². The summed E-state index contributed by atoms with van der Waals surface area (Å²) in [6.07, 6.45) is 0. The largest absolute Gasteiger partial charge is 0.434 e. The van der Waals surface area contributed by atoms with Crippen LogP contribution in [0.4, 0.5) is 8.78 Å². The van der Waals surface area contributed by atoms with Crippen molar-refractivity contribution in [1.82, 2.24) is 9.55 Å². The number of rotatable bonds is 9. The third-order valence-electron chi connectivity index (χ3n) is 4.12. The van der Waals surface area contributed by atoms with Gasteiger partial charge in [0, 0.05) is 13.7 Å². The minimum atomic E-state index is -2.99. The molecule has 3 rings (SSSR count). The van der Waals surface area contributed by atoms with Gasteiger partial charge in [-0.25, -0.2) is 4.98 Å². The van der Waals surface area contributed by atoms with Crippen LogP contribution in [0.15, 0.2) is 47.6 Å². The Hall–Kier alpha value is -2.45. The summed E-state index contributed by atoms with van der Waals surface area (Å²) >= 11 is 1.26. The molecule has 0 radical (unpaired) electrons. The molecule has 0 unspecified atom stereocenters. The number of hydrogen-bond acceptors (Lipinski definition) is 5. The van der Waals surface area contributed by atoms with Crippen LogP contribution in [0.1, 0.15) is 15.9 Å². The Morgan fingerprint density at radius 2 is 2.04 bits per heavy atom. The number of aryl methyl sites for hydroxylation is 1. The summed E-state index contributed by atoms with van der Waals surface area (Å²) in [7, 11) is 1.62. The van der Waals surface area contributed by atoms with Gasteiger partial charge in [-0.2, -0.15) is 8.78 Å². The summed E-state index contributed by atoms with van der Waals surface area (Å²) in [6.45, 7) is -0.0930. The molecule has 0 aliphatic rings. The Kier molecular flexibility index (Phi) is 6.64. The molecule has 0 aliphatic heterocycles. The highest BCUT2D eigenvalue weighted by Crippen LogP contribution is 2.28. The first kappa shape index (κ1) is 20.3. The first-order valence-corrected chi connectivity index (χ1v) is 9.64. The number of carbonyl (C=O) groups is 1. The second kappa shape index (κ2) is 9.16. The van der Waals surface area contributed by atoms with Crippen LogP contribution in [0.2, 0.25) is 0 Å². The summed E-state index contributed by atoms with van der Waals surface area (Å²) < 4.78 is 36.9. The fourth-order valence-corrected chi connectivity index (χ4v) is 3.75. The van der Waals surface area contributed by atoms with E-state index in [1.807, 2.05) is 28.8 Å². The number of imidazole rings is 1. The Morgan fingerprint density at radius 1 is 1.25 bits per heavy atom. The van der Waals surface area contributed by atoms with E-state index in [1.165, 1.54) is 17.8 Å². The normalized spacial score (nSPS) is 11.3. The lowest BCUT2D eigenvalue weighted by atomic mass is 10.1. The number of thioether (sulfide) groups is 1. The predicted molar refractivity (Wildman–Crippen MR) is 104 cm³/mol. The highest BCUT2D eigenvalue weighted by atomic mass is 32.2. The van der Waals surface area contributed by atoms with Gasteiger partial charge in [0.05, 0.1) is 29.0 Å². The molecule has 0 saturated carbocycles. The molecule has 2 aromatic carbocycles. The van der Waals surface area contributed by atoms with Crippen molar-refractivity contribution in [2.24, 2.45) is 0 Å². The Morgan fingerprint density at radius 3 is 2.79 bits per heavy atom. The van der Waals surface area contributed by atoms with Crippen molar-refractivity contribution >= 4 is 28.6 Å². The van der Waals surface area contributed by atoms with Gasteiger partial charge in [-0.3, -0.25) is 4.79 Å². The van der Waals surface area contributed by atoms with E-state index < -0.39 is 6.61 Å². The standard InChI is InChI=1S/C20H20F2N2O3S/c1-13-7-8-18(27-19(21)22)14(11-13)17(25)12-28-20-23-15-5-3-4-6-16(15)24(20)9-10-26-2/h3-8,11,19H,9-10,12H2,1-2H3. The highest BCUT2D eigenvalue weighted by molar-refractivity contribution is 7.99. The van der Waals surface area contributed by atoms with Crippen LogP contribution in [0.3, 0.4) is 0 Å². The molecule has 1 heterocycles. The minimum Gasteiger partial charge on any atom is -0.434 e. The average molecular weight is 406 g/mol. The summed E-state index contributed by atoms with van der Waals surface area (Å²) in [5.74, 6) is -0.354. The van der Waals surface area contributed by atoms with Crippen molar-refractivity contribution in [3.63, 3.8) is 0 Å². The fourth-order valence-electron chi connectivity index (χ4n) is 2.83. The summed E-state index contributed by atoms with van der Waals surface area (Å²) in [6, 6.07) is 12.3. The molecule has 3 aromatic rings. The van der Waals surface area contributed by atoms with Crippen molar-refractivity contribution in [2.45, 2.75) is 25.2 Å². The smallest absolute Gasteiger partial charge is 0.387 e. The number of alkyl halides is 2. The number of halogens is 2. The number of ketones is 1. The van der Waals surface area contributed by atoms with E-state index in [0.717, 1.165) is 16.6 Å². The number of aromatic nitrogens is 2. The molecule has 5 nitrogen and oxygen atoms in total. The monoisotopic (exact) mass is 406 g/mol. The number of para-hydroxylation sites is 2. The fraction of sp³-hybridized carbons (Fsp3) is 0.300. The summed E-state index contributed by atoms with van der Waals surface area (Å²) in [5, 5.41) is 0.676. The molecule has 0 aliphatic carbocycles. The molecule has 0 fully saturated rings. The maximum Gasteiger partial charge on any atom is 0.387 e. The van der Waals surface area contributed by atoms with E-state index in [1.54, 1.807) is 26.2 Å². The Labute approximate surface area is 165 Å². The molecular formula is C20H20F2N2O3S. The SMILES string of the molecule is COCCn1c(SCC(=O)c2cc(C)ccc2OC(F)F)nc2ccccc21. The molecule has 0 saturated heterocycles. The van der Waals surface area contributed by atoms with Crippen molar-refractivity contribution in [1.29, 1.82) is 0 Å². The van der Waals surface area contributed by atoms with E-state index in [9.17, 15) is 13.6 Å². The van der Waals surface area contributed by atoms with Crippen LogP contribution in [-0.2, 0) is 11.3 Å². The van der Waals surface area contributed by atoms with Gasteiger partial charge in [-0.05, 0) is 31.2 Å². The number of benzene rings is 2. The van der Waals surface area contributed by atoms with Crippen LogP contribution in [0.25, 0.3) is 11.0 Å². The van der Waals surface area contributed by atoms with Gasteiger partial charge in [0.25, 0.3) is 0 Å².